The van der Waals surface area contributed by atoms with Crippen LogP contribution >= 0.6 is 24.0 Å². The average Bonchev–Trinajstić information content (AvgIpc) is 3.57. The summed E-state index contributed by atoms with van der Waals surface area (Å²) in [6.07, 6.45) is 15.6. The van der Waals surface area contributed by atoms with E-state index in [1.54, 1.807) is 6.20 Å². The van der Waals surface area contributed by atoms with Gasteiger partial charge in [0.1, 0.15) is 18.5 Å². The standard InChI is InChI=1S/C32H37ClN2O3.ClH/c33-28-5-1-23(2-6-28)9-10-32(21-35-12-11-34-22-35)37-20-30(38-32)19-36-29-7-3-27(4-8-29)31-16-24-13-25(17-31)15-26(14-24)18-31;/h1-8,11-12,22,24-26,30H,9-10,13-21H2;1H/t24?,25?,26?,30-,31?,32-;/m1./s1. The number of aryl methyl sites for hydroxylation is 1. The molecule has 0 N–H and O–H groups in total. The molecular formula is C32H38Cl2N2O3. The van der Waals surface area contributed by atoms with E-state index in [2.05, 4.69) is 41.4 Å². The molecule has 4 saturated carbocycles. The van der Waals surface area contributed by atoms with Crippen molar-refractivity contribution in [3.8, 4) is 5.75 Å². The highest BCUT2D eigenvalue weighted by Gasteiger charge is 2.51. The van der Waals surface area contributed by atoms with E-state index in [0.717, 1.165) is 41.4 Å². The van der Waals surface area contributed by atoms with Crippen molar-refractivity contribution in [2.75, 3.05) is 13.2 Å². The molecule has 1 saturated heterocycles. The van der Waals surface area contributed by atoms with Gasteiger partial charge in [0, 0.05) is 23.8 Å². The highest BCUT2D eigenvalue weighted by atomic mass is 35.5. The van der Waals surface area contributed by atoms with E-state index in [1.807, 2.05) is 29.2 Å². The Labute approximate surface area is 242 Å². The maximum Gasteiger partial charge on any atom is 0.187 e. The predicted octanol–water partition coefficient (Wildman–Crippen LogP) is 7.25. The fraction of sp³-hybridized carbons (Fsp3) is 0.531. The topological polar surface area (TPSA) is 45.5 Å². The van der Waals surface area contributed by atoms with Crippen LogP contribution in [-0.2, 0) is 27.9 Å². The van der Waals surface area contributed by atoms with Crippen LogP contribution in [0.25, 0.3) is 0 Å². The van der Waals surface area contributed by atoms with Crippen molar-refractivity contribution < 1.29 is 14.2 Å². The van der Waals surface area contributed by atoms with Gasteiger partial charge >= 0.3 is 0 Å². The van der Waals surface area contributed by atoms with Crippen LogP contribution in [0, 0.1) is 17.8 Å². The quantitative estimate of drug-likeness (QED) is 0.272. The summed E-state index contributed by atoms with van der Waals surface area (Å²) < 4.78 is 21.1. The molecule has 0 unspecified atom stereocenters. The van der Waals surface area contributed by atoms with Crippen LogP contribution in [0.2, 0.25) is 5.02 Å². The number of hydrogen-bond donors (Lipinski definition) is 0. The van der Waals surface area contributed by atoms with Crippen molar-refractivity contribution in [3.63, 3.8) is 0 Å². The third-order valence-corrected chi connectivity index (χ3v) is 9.80. The summed E-state index contributed by atoms with van der Waals surface area (Å²) in [6.45, 7) is 1.58. The number of rotatable bonds is 9. The first kappa shape index (κ1) is 27.1. The molecule has 4 aliphatic carbocycles. The lowest BCUT2D eigenvalue weighted by molar-refractivity contribution is -0.184. The van der Waals surface area contributed by atoms with E-state index in [0.29, 0.717) is 25.2 Å². The van der Waals surface area contributed by atoms with Gasteiger partial charge in [0.25, 0.3) is 0 Å². The molecule has 2 aromatic carbocycles. The minimum Gasteiger partial charge on any atom is -0.491 e. The smallest absolute Gasteiger partial charge is 0.187 e. The zero-order valence-corrected chi connectivity index (χ0v) is 23.9. The van der Waals surface area contributed by atoms with Crippen LogP contribution in [-0.4, -0.2) is 34.7 Å². The summed E-state index contributed by atoms with van der Waals surface area (Å²) >= 11 is 6.07. The molecule has 4 bridgehead atoms. The molecule has 39 heavy (non-hydrogen) atoms. The van der Waals surface area contributed by atoms with Gasteiger partial charge in [-0.2, -0.15) is 0 Å². The Morgan fingerprint density at radius 2 is 1.64 bits per heavy atom. The molecule has 2 heterocycles. The van der Waals surface area contributed by atoms with Gasteiger partial charge in [-0.3, -0.25) is 0 Å². The Morgan fingerprint density at radius 1 is 0.949 bits per heavy atom. The maximum absolute atomic E-state index is 6.56. The molecule has 0 amide bonds. The first-order chi connectivity index (χ1) is 18.5. The second kappa shape index (κ2) is 11.1. The predicted molar refractivity (Wildman–Crippen MR) is 155 cm³/mol. The van der Waals surface area contributed by atoms with Crippen molar-refractivity contribution in [3.05, 3.63) is 83.4 Å². The highest BCUT2D eigenvalue weighted by molar-refractivity contribution is 6.30. The SMILES string of the molecule is Cl.Clc1ccc(CC[C@@]2(Cn3ccnc3)OC[C@@H](COc3ccc(C45CC6CC(CC(C6)C4)C5)cc3)O2)cc1. The van der Waals surface area contributed by atoms with Crippen LogP contribution in [0.1, 0.15) is 56.1 Å². The second-order valence-corrected chi connectivity index (χ2v) is 12.8. The summed E-state index contributed by atoms with van der Waals surface area (Å²) in [5.74, 6) is 3.07. The summed E-state index contributed by atoms with van der Waals surface area (Å²) in [6, 6.07) is 17.0. The van der Waals surface area contributed by atoms with Crippen LogP contribution in [0.5, 0.6) is 5.75 Å². The van der Waals surface area contributed by atoms with E-state index in [9.17, 15) is 0 Å². The van der Waals surface area contributed by atoms with Gasteiger partial charge in [-0.1, -0.05) is 35.9 Å². The molecule has 0 radical (unpaired) electrons. The Balaban J connectivity index is 0.00000277. The minimum absolute atomic E-state index is 0. The summed E-state index contributed by atoms with van der Waals surface area (Å²) in [7, 11) is 0. The van der Waals surface area contributed by atoms with Crippen LogP contribution in [0.4, 0.5) is 0 Å². The average molecular weight is 570 g/mol. The van der Waals surface area contributed by atoms with Crippen molar-refractivity contribution in [1.29, 1.82) is 0 Å². The zero-order chi connectivity index (χ0) is 25.6. The van der Waals surface area contributed by atoms with E-state index in [4.69, 9.17) is 25.8 Å². The van der Waals surface area contributed by atoms with Gasteiger partial charge in [-0.25, -0.2) is 4.98 Å². The lowest BCUT2D eigenvalue weighted by atomic mass is 9.48. The fourth-order valence-electron chi connectivity index (χ4n) is 8.19. The number of hydrogen-bond acceptors (Lipinski definition) is 4. The monoisotopic (exact) mass is 568 g/mol. The molecular weight excluding hydrogens is 531 g/mol. The van der Waals surface area contributed by atoms with Crippen molar-refractivity contribution in [2.45, 2.75) is 75.2 Å². The molecule has 3 aromatic rings. The van der Waals surface area contributed by atoms with E-state index in [-0.39, 0.29) is 18.5 Å². The van der Waals surface area contributed by atoms with E-state index < -0.39 is 5.79 Å². The molecule has 2 atom stereocenters. The van der Waals surface area contributed by atoms with Gasteiger partial charge in [0.2, 0.25) is 0 Å². The molecule has 7 heteroatoms. The van der Waals surface area contributed by atoms with Gasteiger partial charge in [-0.15, -0.1) is 12.4 Å². The minimum atomic E-state index is -0.712. The van der Waals surface area contributed by atoms with Crippen molar-refractivity contribution in [2.24, 2.45) is 17.8 Å². The zero-order valence-electron chi connectivity index (χ0n) is 22.3. The van der Waals surface area contributed by atoms with Crippen LogP contribution < -0.4 is 4.74 Å². The third-order valence-electron chi connectivity index (χ3n) is 9.55. The van der Waals surface area contributed by atoms with Crippen LogP contribution in [0.3, 0.4) is 0 Å². The fourth-order valence-corrected chi connectivity index (χ4v) is 8.32. The Bertz CT molecular complexity index is 1200. The molecule has 0 spiro atoms. The first-order valence-corrected chi connectivity index (χ1v) is 14.7. The normalized spacial score (nSPS) is 32.7. The number of halogens is 2. The number of benzene rings is 2. The van der Waals surface area contributed by atoms with Gasteiger partial charge < -0.3 is 18.8 Å². The number of ether oxygens (including phenoxy) is 3. The Kier molecular flexibility index (Phi) is 7.71. The number of imidazole rings is 1. The van der Waals surface area contributed by atoms with E-state index >= 15 is 0 Å². The van der Waals surface area contributed by atoms with Crippen LogP contribution in [0.15, 0.2) is 67.3 Å². The van der Waals surface area contributed by atoms with Gasteiger partial charge in [-0.05, 0) is 104 Å². The van der Waals surface area contributed by atoms with E-state index in [1.165, 1.54) is 49.7 Å². The molecule has 1 aliphatic heterocycles. The Morgan fingerprint density at radius 3 is 2.28 bits per heavy atom. The summed E-state index contributed by atoms with van der Waals surface area (Å²) in [5, 5.41) is 0.749. The third kappa shape index (κ3) is 5.74. The van der Waals surface area contributed by atoms with Gasteiger partial charge in [0.15, 0.2) is 5.79 Å². The molecule has 1 aromatic heterocycles. The Hall–Kier alpha value is -2.05. The molecule has 208 valence electrons. The first-order valence-electron chi connectivity index (χ1n) is 14.3. The van der Waals surface area contributed by atoms with Crippen molar-refractivity contribution >= 4 is 24.0 Å². The number of aromatic nitrogens is 2. The molecule has 5 fully saturated rings. The summed E-state index contributed by atoms with van der Waals surface area (Å²) in [4.78, 5) is 4.20. The lowest BCUT2D eigenvalue weighted by Gasteiger charge is -2.57. The largest absolute Gasteiger partial charge is 0.491 e. The lowest BCUT2D eigenvalue weighted by Crippen LogP contribution is -2.48. The maximum atomic E-state index is 6.56. The second-order valence-electron chi connectivity index (χ2n) is 12.4. The molecule has 8 rings (SSSR count). The summed E-state index contributed by atoms with van der Waals surface area (Å²) in [5.41, 5.74) is 3.17. The molecule has 5 nitrogen and oxygen atoms in total. The van der Waals surface area contributed by atoms with Crippen molar-refractivity contribution in [1.82, 2.24) is 9.55 Å². The molecule has 5 aliphatic rings. The highest BCUT2D eigenvalue weighted by Crippen LogP contribution is 2.60. The number of nitrogens with zero attached hydrogens (tertiary/aromatic N) is 2. The van der Waals surface area contributed by atoms with Gasteiger partial charge in [0.05, 0.1) is 19.5 Å².